The molecule has 0 aliphatic rings. The molecule has 0 aliphatic heterocycles. The minimum atomic E-state index is -0.139. The number of aromatic amines is 1. The quantitative estimate of drug-likeness (QED) is 0.690. The van der Waals surface area contributed by atoms with Crippen molar-refractivity contribution in [3.05, 3.63) is 63.8 Å². The highest BCUT2D eigenvalue weighted by molar-refractivity contribution is 9.10. The highest BCUT2D eigenvalue weighted by Crippen LogP contribution is 2.22. The lowest BCUT2D eigenvalue weighted by molar-refractivity contribution is 0.102. The molecule has 1 heterocycles. The second-order valence-corrected chi connectivity index (χ2v) is 6.05. The van der Waals surface area contributed by atoms with Gasteiger partial charge in [-0.15, -0.1) is 0 Å². The zero-order chi connectivity index (χ0) is 15.0. The number of carbonyl (C=O) groups is 1. The number of anilines is 1. The maximum atomic E-state index is 12.3. The zero-order valence-electron chi connectivity index (χ0n) is 11.8. The number of rotatable bonds is 2. The predicted octanol–water partition coefficient (Wildman–Crippen LogP) is 4.80. The van der Waals surface area contributed by atoms with E-state index in [9.17, 15) is 4.79 Å². The first-order valence-corrected chi connectivity index (χ1v) is 7.49. The average Bonchev–Trinajstić information content (AvgIpc) is 2.86. The van der Waals surface area contributed by atoms with E-state index in [2.05, 4.69) is 32.3 Å². The van der Waals surface area contributed by atoms with Crippen molar-refractivity contribution in [2.45, 2.75) is 13.8 Å². The number of aromatic nitrogens is 1. The molecule has 4 heteroatoms. The monoisotopic (exact) mass is 342 g/mol. The van der Waals surface area contributed by atoms with Crippen LogP contribution in [-0.4, -0.2) is 10.9 Å². The van der Waals surface area contributed by atoms with Crippen molar-refractivity contribution in [3.63, 3.8) is 0 Å². The van der Waals surface area contributed by atoms with Crippen molar-refractivity contribution in [1.29, 1.82) is 0 Å². The average molecular weight is 343 g/mol. The summed E-state index contributed by atoms with van der Waals surface area (Å²) in [4.78, 5) is 15.5. The Morgan fingerprint density at radius 2 is 1.90 bits per heavy atom. The fraction of sp³-hybridized carbons (Fsp3) is 0.118. The van der Waals surface area contributed by atoms with Crippen molar-refractivity contribution >= 4 is 38.4 Å². The van der Waals surface area contributed by atoms with Gasteiger partial charge in [-0.1, -0.05) is 33.6 Å². The molecule has 1 aromatic heterocycles. The van der Waals surface area contributed by atoms with Crippen LogP contribution in [0.2, 0.25) is 0 Å². The lowest BCUT2D eigenvalue weighted by atomic mass is 10.2. The van der Waals surface area contributed by atoms with E-state index in [1.54, 1.807) is 0 Å². The van der Waals surface area contributed by atoms with Crippen LogP contribution in [0.15, 0.2) is 46.9 Å². The molecular formula is C17H15BrN2O. The van der Waals surface area contributed by atoms with E-state index in [1.807, 2.05) is 50.2 Å². The van der Waals surface area contributed by atoms with E-state index in [-0.39, 0.29) is 5.91 Å². The standard InChI is InChI=1S/C17H15BrN2O/c1-10-3-6-15-12(7-10)8-16(20-15)17(21)19-13-5-4-11(2)14(18)9-13/h3-9,20H,1-2H3,(H,19,21). The molecule has 0 unspecified atom stereocenters. The van der Waals surface area contributed by atoms with Gasteiger partial charge in [0.25, 0.3) is 5.91 Å². The third kappa shape index (κ3) is 2.85. The van der Waals surface area contributed by atoms with Crippen molar-refractivity contribution in [3.8, 4) is 0 Å². The molecule has 1 amide bonds. The molecule has 2 aromatic carbocycles. The van der Waals surface area contributed by atoms with Crippen LogP contribution < -0.4 is 5.32 Å². The Kier molecular flexibility index (Phi) is 3.55. The summed E-state index contributed by atoms with van der Waals surface area (Å²) in [5.74, 6) is -0.139. The van der Waals surface area contributed by atoms with Crippen molar-refractivity contribution in [2.24, 2.45) is 0 Å². The predicted molar refractivity (Wildman–Crippen MR) is 89.9 cm³/mol. The number of fused-ring (bicyclic) bond motifs is 1. The first-order valence-electron chi connectivity index (χ1n) is 6.70. The van der Waals surface area contributed by atoms with Gasteiger partial charge in [0.1, 0.15) is 5.69 Å². The molecule has 21 heavy (non-hydrogen) atoms. The van der Waals surface area contributed by atoms with Crippen LogP contribution in [0.25, 0.3) is 10.9 Å². The van der Waals surface area contributed by atoms with Gasteiger partial charge in [0.15, 0.2) is 0 Å². The van der Waals surface area contributed by atoms with Gasteiger partial charge in [-0.3, -0.25) is 4.79 Å². The lowest BCUT2D eigenvalue weighted by Crippen LogP contribution is -2.12. The van der Waals surface area contributed by atoms with E-state index in [0.29, 0.717) is 5.69 Å². The summed E-state index contributed by atoms with van der Waals surface area (Å²) < 4.78 is 0.979. The normalized spacial score (nSPS) is 10.8. The summed E-state index contributed by atoms with van der Waals surface area (Å²) in [6.45, 7) is 4.05. The number of hydrogen-bond acceptors (Lipinski definition) is 1. The summed E-state index contributed by atoms with van der Waals surface area (Å²) in [5.41, 5.74) is 4.61. The molecule has 0 fully saturated rings. The maximum absolute atomic E-state index is 12.3. The van der Waals surface area contributed by atoms with Crippen LogP contribution in [0.5, 0.6) is 0 Å². The number of halogens is 1. The molecular weight excluding hydrogens is 328 g/mol. The largest absolute Gasteiger partial charge is 0.351 e. The number of amides is 1. The van der Waals surface area contributed by atoms with Gasteiger partial charge in [0, 0.05) is 21.1 Å². The number of H-pyrrole nitrogens is 1. The zero-order valence-corrected chi connectivity index (χ0v) is 13.4. The Balaban J connectivity index is 1.87. The van der Waals surface area contributed by atoms with E-state index in [0.717, 1.165) is 26.6 Å². The van der Waals surface area contributed by atoms with Crippen molar-refractivity contribution in [1.82, 2.24) is 4.98 Å². The lowest BCUT2D eigenvalue weighted by Gasteiger charge is -2.05. The molecule has 0 saturated carbocycles. The molecule has 3 rings (SSSR count). The Hall–Kier alpha value is -2.07. The van der Waals surface area contributed by atoms with Crippen LogP contribution in [-0.2, 0) is 0 Å². The Morgan fingerprint density at radius 1 is 1.10 bits per heavy atom. The third-order valence-corrected chi connectivity index (χ3v) is 4.30. The smallest absolute Gasteiger partial charge is 0.272 e. The molecule has 3 nitrogen and oxygen atoms in total. The summed E-state index contributed by atoms with van der Waals surface area (Å²) in [6.07, 6.45) is 0. The number of aryl methyl sites for hydroxylation is 2. The highest BCUT2D eigenvalue weighted by Gasteiger charge is 2.10. The van der Waals surface area contributed by atoms with E-state index < -0.39 is 0 Å². The minimum absolute atomic E-state index is 0.139. The molecule has 0 radical (unpaired) electrons. The topological polar surface area (TPSA) is 44.9 Å². The maximum Gasteiger partial charge on any atom is 0.272 e. The van der Waals surface area contributed by atoms with Crippen LogP contribution >= 0.6 is 15.9 Å². The molecule has 0 saturated heterocycles. The van der Waals surface area contributed by atoms with Gasteiger partial charge >= 0.3 is 0 Å². The molecule has 0 aliphatic carbocycles. The minimum Gasteiger partial charge on any atom is -0.351 e. The second kappa shape index (κ2) is 5.37. The van der Waals surface area contributed by atoms with Crippen LogP contribution in [0.1, 0.15) is 21.6 Å². The van der Waals surface area contributed by atoms with Gasteiger partial charge in [0.2, 0.25) is 0 Å². The molecule has 0 atom stereocenters. The van der Waals surface area contributed by atoms with E-state index in [1.165, 1.54) is 5.56 Å². The number of nitrogens with one attached hydrogen (secondary N) is 2. The molecule has 2 N–H and O–H groups in total. The molecule has 106 valence electrons. The summed E-state index contributed by atoms with van der Waals surface area (Å²) >= 11 is 3.47. The SMILES string of the molecule is Cc1ccc2[nH]c(C(=O)Nc3ccc(C)c(Br)c3)cc2c1. The Morgan fingerprint density at radius 3 is 2.67 bits per heavy atom. The fourth-order valence-electron chi connectivity index (χ4n) is 2.24. The van der Waals surface area contributed by atoms with Gasteiger partial charge in [0.05, 0.1) is 0 Å². The highest BCUT2D eigenvalue weighted by atomic mass is 79.9. The van der Waals surface area contributed by atoms with Gasteiger partial charge in [-0.2, -0.15) is 0 Å². The molecule has 0 bridgehead atoms. The number of benzene rings is 2. The Bertz CT molecular complexity index is 836. The third-order valence-electron chi connectivity index (χ3n) is 3.45. The van der Waals surface area contributed by atoms with Gasteiger partial charge in [-0.25, -0.2) is 0 Å². The van der Waals surface area contributed by atoms with Crippen LogP contribution in [0, 0.1) is 13.8 Å². The Labute approximate surface area is 131 Å². The van der Waals surface area contributed by atoms with Crippen molar-refractivity contribution in [2.75, 3.05) is 5.32 Å². The van der Waals surface area contributed by atoms with E-state index >= 15 is 0 Å². The summed E-state index contributed by atoms with van der Waals surface area (Å²) in [7, 11) is 0. The van der Waals surface area contributed by atoms with E-state index in [4.69, 9.17) is 0 Å². The van der Waals surface area contributed by atoms with Gasteiger partial charge < -0.3 is 10.3 Å². The number of carbonyl (C=O) groups excluding carboxylic acids is 1. The van der Waals surface area contributed by atoms with Crippen LogP contribution in [0.3, 0.4) is 0 Å². The number of hydrogen-bond donors (Lipinski definition) is 2. The first-order chi connectivity index (χ1) is 10.0. The fourth-order valence-corrected chi connectivity index (χ4v) is 2.62. The van der Waals surface area contributed by atoms with Crippen LogP contribution in [0.4, 0.5) is 5.69 Å². The summed E-state index contributed by atoms with van der Waals surface area (Å²) in [5, 5.41) is 3.95. The molecule has 3 aromatic rings. The van der Waals surface area contributed by atoms with Gasteiger partial charge in [-0.05, 0) is 49.7 Å². The summed E-state index contributed by atoms with van der Waals surface area (Å²) in [6, 6.07) is 13.7. The second-order valence-electron chi connectivity index (χ2n) is 5.19. The molecule has 0 spiro atoms. The first kappa shape index (κ1) is 13.9. The van der Waals surface area contributed by atoms with Crippen molar-refractivity contribution < 1.29 is 4.79 Å².